The molecule has 0 bridgehead atoms. The first kappa shape index (κ1) is 13.7. The van der Waals surface area contributed by atoms with E-state index in [4.69, 9.17) is 0 Å². The van der Waals surface area contributed by atoms with Gasteiger partial charge in [0.2, 0.25) is 5.91 Å². The molecule has 2 rings (SSSR count). The molecule has 5 nitrogen and oxygen atoms in total. The van der Waals surface area contributed by atoms with Crippen LogP contribution in [0, 0.1) is 0 Å². The molecule has 0 radical (unpaired) electrons. The fourth-order valence-corrected chi connectivity index (χ4v) is 2.16. The molecule has 1 saturated heterocycles. The number of nitrogens with zero attached hydrogens (tertiary/aromatic N) is 3. The van der Waals surface area contributed by atoms with E-state index in [1.807, 2.05) is 30.1 Å². The van der Waals surface area contributed by atoms with Crippen LogP contribution in [-0.4, -0.2) is 53.2 Å². The van der Waals surface area contributed by atoms with Gasteiger partial charge in [0.25, 0.3) is 0 Å². The van der Waals surface area contributed by atoms with E-state index in [0.717, 1.165) is 5.69 Å². The van der Waals surface area contributed by atoms with Crippen LogP contribution in [0.2, 0.25) is 0 Å². The largest absolute Gasteiger partial charge is 0.341 e. The van der Waals surface area contributed by atoms with Crippen LogP contribution in [-0.2, 0) is 16.1 Å². The molecule has 0 spiro atoms. The lowest BCUT2D eigenvalue weighted by molar-refractivity contribution is -0.135. The maximum absolute atomic E-state index is 12.1. The molecule has 0 aromatic carbocycles. The zero-order valence-corrected chi connectivity index (χ0v) is 11.2. The lowest BCUT2D eigenvalue weighted by atomic mass is 10.1. The second-order valence-electron chi connectivity index (χ2n) is 4.91. The van der Waals surface area contributed by atoms with Crippen LogP contribution in [0.4, 0.5) is 0 Å². The van der Waals surface area contributed by atoms with Crippen molar-refractivity contribution in [2.45, 2.75) is 19.4 Å². The Kier molecular flexibility index (Phi) is 4.63. The van der Waals surface area contributed by atoms with Gasteiger partial charge in [0.1, 0.15) is 5.78 Å². The summed E-state index contributed by atoms with van der Waals surface area (Å²) >= 11 is 0. The predicted molar refractivity (Wildman–Crippen MR) is 71.4 cm³/mol. The summed E-state index contributed by atoms with van der Waals surface area (Å²) < 4.78 is 0. The smallest absolute Gasteiger partial charge is 0.236 e. The highest BCUT2D eigenvalue weighted by Crippen LogP contribution is 2.07. The summed E-state index contributed by atoms with van der Waals surface area (Å²) in [5.74, 6) is 0.344. The molecule has 0 unspecified atom stereocenters. The molecule has 1 aromatic heterocycles. The molecule has 5 heteroatoms. The zero-order chi connectivity index (χ0) is 13.7. The average Bonchev–Trinajstić information content (AvgIpc) is 2.40. The Morgan fingerprint density at radius 3 is 2.74 bits per heavy atom. The lowest BCUT2D eigenvalue weighted by Gasteiger charge is -2.28. The van der Waals surface area contributed by atoms with Crippen LogP contribution >= 0.6 is 0 Å². The number of pyridine rings is 1. The molecule has 1 aromatic rings. The molecule has 2 heterocycles. The fourth-order valence-electron chi connectivity index (χ4n) is 2.16. The highest BCUT2D eigenvalue weighted by Gasteiger charge is 2.21. The standard InChI is InChI=1S/C14H19N3O2/c1-16(10-12-4-2-3-7-15-12)11-14(19)17-8-5-13(18)6-9-17/h2-4,7H,5-6,8-11H2,1H3. The summed E-state index contributed by atoms with van der Waals surface area (Å²) in [6.45, 7) is 2.15. The summed E-state index contributed by atoms with van der Waals surface area (Å²) in [6.07, 6.45) is 2.74. The van der Waals surface area contributed by atoms with E-state index >= 15 is 0 Å². The van der Waals surface area contributed by atoms with E-state index in [1.54, 1.807) is 11.1 Å². The SMILES string of the molecule is CN(CC(=O)N1CCC(=O)CC1)Cc1ccccn1. The average molecular weight is 261 g/mol. The van der Waals surface area contributed by atoms with Gasteiger partial charge < -0.3 is 4.90 Å². The quantitative estimate of drug-likeness (QED) is 0.801. The zero-order valence-electron chi connectivity index (χ0n) is 11.2. The molecule has 19 heavy (non-hydrogen) atoms. The van der Waals surface area contributed by atoms with Crippen LogP contribution in [0.25, 0.3) is 0 Å². The maximum Gasteiger partial charge on any atom is 0.236 e. The van der Waals surface area contributed by atoms with Gasteiger partial charge >= 0.3 is 0 Å². The van der Waals surface area contributed by atoms with Gasteiger partial charge in [0.15, 0.2) is 0 Å². The summed E-state index contributed by atoms with van der Waals surface area (Å²) in [5.41, 5.74) is 0.951. The van der Waals surface area contributed by atoms with E-state index in [9.17, 15) is 9.59 Å². The number of ketones is 1. The van der Waals surface area contributed by atoms with Crippen molar-refractivity contribution in [2.24, 2.45) is 0 Å². The van der Waals surface area contributed by atoms with Crippen LogP contribution in [0.15, 0.2) is 24.4 Å². The first-order chi connectivity index (χ1) is 9.15. The molecular weight excluding hydrogens is 242 g/mol. The van der Waals surface area contributed by atoms with E-state index in [1.165, 1.54) is 0 Å². The molecule has 1 aliphatic rings. The Hall–Kier alpha value is -1.75. The van der Waals surface area contributed by atoms with E-state index in [0.29, 0.717) is 39.0 Å². The molecule has 1 aliphatic heterocycles. The van der Waals surface area contributed by atoms with Gasteiger partial charge in [-0.2, -0.15) is 0 Å². The highest BCUT2D eigenvalue weighted by atomic mass is 16.2. The molecule has 1 amide bonds. The number of carbonyl (C=O) groups excluding carboxylic acids is 2. The lowest BCUT2D eigenvalue weighted by Crippen LogP contribution is -2.43. The van der Waals surface area contributed by atoms with Crippen molar-refractivity contribution in [1.29, 1.82) is 0 Å². The molecular formula is C14H19N3O2. The molecule has 1 fully saturated rings. The number of carbonyl (C=O) groups is 2. The van der Waals surface area contributed by atoms with Gasteiger partial charge in [0, 0.05) is 38.7 Å². The first-order valence-electron chi connectivity index (χ1n) is 6.53. The molecule has 0 atom stereocenters. The monoisotopic (exact) mass is 261 g/mol. The summed E-state index contributed by atoms with van der Waals surface area (Å²) in [7, 11) is 1.90. The van der Waals surface area contributed by atoms with E-state index < -0.39 is 0 Å². The third-order valence-electron chi connectivity index (χ3n) is 3.24. The molecule has 0 N–H and O–H groups in total. The molecule has 102 valence electrons. The number of aromatic nitrogens is 1. The minimum absolute atomic E-state index is 0.0888. The van der Waals surface area contributed by atoms with Crippen LogP contribution in [0.3, 0.4) is 0 Å². The van der Waals surface area contributed by atoms with Gasteiger partial charge in [-0.05, 0) is 19.2 Å². The van der Waals surface area contributed by atoms with E-state index in [-0.39, 0.29) is 11.7 Å². The number of amides is 1. The van der Waals surface area contributed by atoms with Gasteiger partial charge in [0.05, 0.1) is 12.2 Å². The molecule has 0 aliphatic carbocycles. The summed E-state index contributed by atoms with van der Waals surface area (Å²) in [6, 6.07) is 5.76. The Morgan fingerprint density at radius 2 is 2.11 bits per heavy atom. The minimum Gasteiger partial charge on any atom is -0.341 e. The fraction of sp³-hybridized carbons (Fsp3) is 0.500. The predicted octanol–water partition coefficient (Wildman–Crippen LogP) is 0.705. The van der Waals surface area contributed by atoms with Crippen LogP contribution in [0.1, 0.15) is 18.5 Å². The highest BCUT2D eigenvalue weighted by molar-refractivity contribution is 5.84. The Balaban J connectivity index is 1.80. The van der Waals surface area contributed by atoms with E-state index in [2.05, 4.69) is 4.98 Å². The number of likely N-dealkylation sites (tertiary alicyclic amines) is 1. The van der Waals surface area contributed by atoms with Gasteiger partial charge in [-0.1, -0.05) is 6.07 Å². The number of hydrogen-bond acceptors (Lipinski definition) is 4. The number of hydrogen-bond donors (Lipinski definition) is 0. The van der Waals surface area contributed by atoms with Crippen molar-refractivity contribution in [3.8, 4) is 0 Å². The topological polar surface area (TPSA) is 53.5 Å². The third kappa shape index (κ3) is 4.13. The summed E-state index contributed by atoms with van der Waals surface area (Å²) in [4.78, 5) is 31.2. The Bertz CT molecular complexity index is 437. The molecule has 0 saturated carbocycles. The second-order valence-corrected chi connectivity index (χ2v) is 4.91. The maximum atomic E-state index is 12.1. The van der Waals surface area contributed by atoms with Gasteiger partial charge in [-0.3, -0.25) is 19.5 Å². The summed E-state index contributed by atoms with van der Waals surface area (Å²) in [5, 5.41) is 0. The number of rotatable bonds is 4. The number of piperidine rings is 1. The number of likely N-dealkylation sites (N-methyl/N-ethyl adjacent to an activating group) is 1. The Morgan fingerprint density at radius 1 is 1.37 bits per heavy atom. The first-order valence-corrected chi connectivity index (χ1v) is 6.53. The second kappa shape index (κ2) is 6.43. The Labute approximate surface area is 113 Å². The van der Waals surface area contributed by atoms with Crippen LogP contribution < -0.4 is 0 Å². The normalized spacial score (nSPS) is 15.9. The minimum atomic E-state index is 0.0888. The van der Waals surface area contributed by atoms with Gasteiger partial charge in [-0.15, -0.1) is 0 Å². The number of Topliss-reactive ketones (excluding diaryl/α,β-unsaturated/α-hetero) is 1. The van der Waals surface area contributed by atoms with Crippen molar-refractivity contribution in [3.63, 3.8) is 0 Å². The van der Waals surface area contributed by atoms with Crippen molar-refractivity contribution >= 4 is 11.7 Å². The van der Waals surface area contributed by atoms with Crippen molar-refractivity contribution < 1.29 is 9.59 Å². The van der Waals surface area contributed by atoms with Crippen molar-refractivity contribution in [3.05, 3.63) is 30.1 Å². The van der Waals surface area contributed by atoms with Gasteiger partial charge in [-0.25, -0.2) is 0 Å². The van der Waals surface area contributed by atoms with Crippen LogP contribution in [0.5, 0.6) is 0 Å². The van der Waals surface area contributed by atoms with Crippen molar-refractivity contribution in [1.82, 2.24) is 14.8 Å². The third-order valence-corrected chi connectivity index (χ3v) is 3.24. The van der Waals surface area contributed by atoms with Crippen molar-refractivity contribution in [2.75, 3.05) is 26.7 Å².